The predicted molar refractivity (Wildman–Crippen MR) is 190 cm³/mol. The molecule has 5 heteroatoms. The lowest BCUT2D eigenvalue weighted by atomic mass is 10.0. The van der Waals surface area contributed by atoms with Gasteiger partial charge in [-0.05, 0) is 70.9 Å². The molecular weight excluding hydrogens is 580 g/mol. The molecule has 11 rings (SSSR count). The van der Waals surface area contributed by atoms with Crippen molar-refractivity contribution in [2.45, 2.75) is 0 Å². The molecule has 218 valence electrons. The van der Waals surface area contributed by atoms with E-state index in [4.69, 9.17) is 23.2 Å². The van der Waals surface area contributed by atoms with Crippen LogP contribution in [0.1, 0.15) is 0 Å². The van der Waals surface area contributed by atoms with Crippen LogP contribution in [0.2, 0.25) is 0 Å². The molecule has 0 spiro atoms. The van der Waals surface area contributed by atoms with Gasteiger partial charge in [0.05, 0.1) is 0 Å². The Balaban J connectivity index is 1.11. The third kappa shape index (κ3) is 3.43. The van der Waals surface area contributed by atoms with E-state index in [0.717, 1.165) is 110 Å². The third-order valence-electron chi connectivity index (χ3n) is 9.58. The van der Waals surface area contributed by atoms with Crippen LogP contribution in [0.5, 0.6) is 0 Å². The van der Waals surface area contributed by atoms with Gasteiger partial charge < -0.3 is 13.3 Å². The van der Waals surface area contributed by atoms with E-state index in [0.29, 0.717) is 0 Å². The predicted octanol–water partition coefficient (Wildman–Crippen LogP) is 11.8. The molecule has 47 heavy (non-hydrogen) atoms. The number of hydrogen-bond acceptors (Lipinski definition) is 5. The second-order valence-electron chi connectivity index (χ2n) is 12.1. The van der Waals surface area contributed by atoms with Crippen molar-refractivity contribution in [1.29, 1.82) is 0 Å². The highest BCUT2D eigenvalue weighted by Gasteiger charge is 2.19. The van der Waals surface area contributed by atoms with Crippen molar-refractivity contribution >= 4 is 87.5 Å². The van der Waals surface area contributed by atoms with Crippen LogP contribution in [0.15, 0.2) is 147 Å². The molecule has 0 unspecified atom stereocenters. The van der Waals surface area contributed by atoms with Crippen LogP contribution >= 0.6 is 0 Å². The molecule has 5 nitrogen and oxygen atoms in total. The zero-order valence-corrected chi connectivity index (χ0v) is 24.8. The second-order valence-corrected chi connectivity index (χ2v) is 12.1. The molecule has 0 radical (unpaired) electrons. The number of fused-ring (bicyclic) bond motifs is 13. The van der Waals surface area contributed by atoms with Gasteiger partial charge in [0.25, 0.3) is 0 Å². The summed E-state index contributed by atoms with van der Waals surface area (Å²) in [6.07, 6.45) is 3.73. The van der Waals surface area contributed by atoms with E-state index >= 15 is 0 Å². The lowest BCUT2D eigenvalue weighted by Gasteiger charge is -2.04. The molecular formula is C42H22N2O3. The molecule has 0 aliphatic carbocycles. The summed E-state index contributed by atoms with van der Waals surface area (Å²) in [7, 11) is 0. The minimum absolute atomic E-state index is 0.778. The minimum Gasteiger partial charge on any atom is -0.456 e. The molecule has 5 aromatic heterocycles. The van der Waals surface area contributed by atoms with Gasteiger partial charge >= 0.3 is 0 Å². The summed E-state index contributed by atoms with van der Waals surface area (Å²) in [6, 6.07) is 41.8. The molecule has 0 saturated carbocycles. The van der Waals surface area contributed by atoms with Crippen molar-refractivity contribution in [1.82, 2.24) is 9.97 Å². The molecule has 0 fully saturated rings. The van der Waals surface area contributed by atoms with E-state index in [1.54, 1.807) is 0 Å². The molecule has 0 N–H and O–H groups in total. The van der Waals surface area contributed by atoms with Crippen molar-refractivity contribution in [2.24, 2.45) is 0 Å². The topological polar surface area (TPSA) is 65.2 Å². The van der Waals surface area contributed by atoms with E-state index < -0.39 is 0 Å². The zero-order chi connectivity index (χ0) is 30.6. The van der Waals surface area contributed by atoms with E-state index in [2.05, 4.69) is 78.9 Å². The first-order valence-corrected chi connectivity index (χ1v) is 15.6. The quantitative estimate of drug-likeness (QED) is 0.197. The highest BCUT2D eigenvalue weighted by Crippen LogP contribution is 2.42. The van der Waals surface area contributed by atoms with Crippen LogP contribution in [0.3, 0.4) is 0 Å². The van der Waals surface area contributed by atoms with Crippen LogP contribution in [0.25, 0.3) is 110 Å². The normalized spacial score (nSPS) is 12.3. The average Bonchev–Trinajstić information content (AvgIpc) is 3.82. The fourth-order valence-corrected chi connectivity index (χ4v) is 7.34. The Morgan fingerprint density at radius 2 is 1.00 bits per heavy atom. The van der Waals surface area contributed by atoms with Gasteiger partial charge in [-0.15, -0.1) is 0 Å². The maximum absolute atomic E-state index is 6.60. The van der Waals surface area contributed by atoms with E-state index in [-0.39, 0.29) is 0 Å². The highest BCUT2D eigenvalue weighted by atomic mass is 16.3. The number of furan rings is 3. The standard InChI is InChI=1S/C42H22N2O3/c1-3-7-27-23(5-1)9-13-30-31-18-20-43-37(42(31)46-39(27)30)26-12-16-36-34(22-26)33-21-25(11-15-35(33)45-36)29-17-19-44-38-32-14-10-24-6-2-4-8-28(24)40(32)47-41(29)38/h1-22H. The van der Waals surface area contributed by atoms with Gasteiger partial charge in [0, 0.05) is 61.2 Å². The molecule has 11 aromatic rings. The summed E-state index contributed by atoms with van der Waals surface area (Å²) in [5.74, 6) is 0. The Kier molecular flexibility index (Phi) is 4.78. The molecule has 0 aliphatic heterocycles. The van der Waals surface area contributed by atoms with Crippen molar-refractivity contribution in [3.8, 4) is 22.4 Å². The maximum Gasteiger partial charge on any atom is 0.161 e. The fourth-order valence-electron chi connectivity index (χ4n) is 7.34. The van der Waals surface area contributed by atoms with Gasteiger partial charge in [0.2, 0.25) is 0 Å². The van der Waals surface area contributed by atoms with Gasteiger partial charge in [-0.1, -0.05) is 66.7 Å². The van der Waals surface area contributed by atoms with Crippen molar-refractivity contribution in [3.05, 3.63) is 134 Å². The summed E-state index contributed by atoms with van der Waals surface area (Å²) in [4.78, 5) is 9.56. The van der Waals surface area contributed by atoms with Crippen molar-refractivity contribution < 1.29 is 13.3 Å². The number of benzene rings is 6. The number of nitrogens with zero attached hydrogens (tertiary/aromatic N) is 2. The SMILES string of the molecule is c1ccc2c(c1)ccc1c3ccnc(-c4ccc5oc6ccc(-c7ccnc8c7oc7c9ccccc9ccc87)cc6c5c4)c3oc21. The van der Waals surface area contributed by atoms with E-state index in [1.807, 2.05) is 54.9 Å². The molecule has 0 amide bonds. The first-order chi connectivity index (χ1) is 23.3. The second kappa shape index (κ2) is 9.05. The minimum atomic E-state index is 0.778. The van der Waals surface area contributed by atoms with Crippen LogP contribution in [0, 0.1) is 0 Å². The van der Waals surface area contributed by atoms with Gasteiger partial charge in [-0.2, -0.15) is 0 Å². The summed E-state index contributed by atoms with van der Waals surface area (Å²) < 4.78 is 19.5. The first-order valence-electron chi connectivity index (χ1n) is 15.6. The number of hydrogen-bond donors (Lipinski definition) is 0. The smallest absolute Gasteiger partial charge is 0.161 e. The Bertz CT molecular complexity index is 2880. The van der Waals surface area contributed by atoms with Gasteiger partial charge in [-0.25, -0.2) is 0 Å². The summed E-state index contributed by atoms with van der Waals surface area (Å²) >= 11 is 0. The Hall–Kier alpha value is -6.46. The summed E-state index contributed by atoms with van der Waals surface area (Å²) in [5, 5.41) is 9.66. The van der Waals surface area contributed by atoms with Crippen LogP contribution in [-0.4, -0.2) is 9.97 Å². The van der Waals surface area contributed by atoms with Gasteiger partial charge in [0.15, 0.2) is 11.2 Å². The van der Waals surface area contributed by atoms with Gasteiger partial charge in [-0.3, -0.25) is 9.97 Å². The number of pyridine rings is 2. The molecule has 0 atom stereocenters. The lowest BCUT2D eigenvalue weighted by molar-refractivity contribution is 0.668. The summed E-state index contributed by atoms with van der Waals surface area (Å²) in [5.41, 5.74) is 9.60. The van der Waals surface area contributed by atoms with Crippen LogP contribution in [-0.2, 0) is 0 Å². The molecule has 0 bridgehead atoms. The Labute approximate surface area is 266 Å². The number of aromatic nitrogens is 2. The van der Waals surface area contributed by atoms with Crippen molar-refractivity contribution in [2.75, 3.05) is 0 Å². The molecule has 0 saturated heterocycles. The van der Waals surface area contributed by atoms with Crippen LogP contribution < -0.4 is 0 Å². The molecule has 5 heterocycles. The maximum atomic E-state index is 6.60. The fraction of sp³-hybridized carbons (Fsp3) is 0. The number of rotatable bonds is 2. The summed E-state index contributed by atoms with van der Waals surface area (Å²) in [6.45, 7) is 0. The lowest BCUT2D eigenvalue weighted by Crippen LogP contribution is -1.84. The average molecular weight is 603 g/mol. The monoisotopic (exact) mass is 602 g/mol. The first kappa shape index (κ1) is 24.8. The van der Waals surface area contributed by atoms with Crippen molar-refractivity contribution in [3.63, 3.8) is 0 Å². The van der Waals surface area contributed by atoms with Crippen LogP contribution in [0.4, 0.5) is 0 Å². The van der Waals surface area contributed by atoms with Gasteiger partial charge in [0.1, 0.15) is 33.5 Å². The molecule has 6 aromatic carbocycles. The Morgan fingerprint density at radius 3 is 1.79 bits per heavy atom. The van der Waals surface area contributed by atoms with E-state index in [9.17, 15) is 0 Å². The third-order valence-corrected chi connectivity index (χ3v) is 9.58. The Morgan fingerprint density at radius 1 is 0.383 bits per heavy atom. The highest BCUT2D eigenvalue weighted by molar-refractivity contribution is 6.18. The zero-order valence-electron chi connectivity index (χ0n) is 24.8. The van der Waals surface area contributed by atoms with E-state index in [1.165, 1.54) is 0 Å². The largest absolute Gasteiger partial charge is 0.456 e. The molecule has 0 aliphatic rings.